The highest BCUT2D eigenvalue weighted by Crippen LogP contribution is 2.36. The molecule has 1 aromatic carbocycles. The molecule has 2 N–H and O–H groups in total. The minimum atomic E-state index is 0.720. The predicted octanol–water partition coefficient (Wildman–Crippen LogP) is 4.02. The molecule has 3 nitrogen and oxygen atoms in total. The number of oxazole rings is 1. The number of anilines is 1. The second-order valence-corrected chi connectivity index (χ2v) is 6.15. The fourth-order valence-electron chi connectivity index (χ4n) is 2.65. The number of aryl methyl sites for hydroxylation is 2. The summed E-state index contributed by atoms with van der Waals surface area (Å²) in [6.45, 7) is 0. The Labute approximate surface area is 115 Å². The van der Waals surface area contributed by atoms with Gasteiger partial charge in [-0.05, 0) is 55.5 Å². The average Bonchev–Trinajstić information content (AvgIpc) is 3.00. The zero-order valence-electron chi connectivity index (χ0n) is 10.5. The lowest BCUT2D eigenvalue weighted by Crippen LogP contribution is -1.96. The summed E-state index contributed by atoms with van der Waals surface area (Å²) in [6, 6.07) is 7.83. The summed E-state index contributed by atoms with van der Waals surface area (Å²) in [5.74, 6) is 0.722. The topological polar surface area (TPSA) is 52.0 Å². The number of benzene rings is 1. The van der Waals surface area contributed by atoms with Crippen molar-refractivity contribution in [2.75, 3.05) is 5.73 Å². The van der Waals surface area contributed by atoms with Crippen molar-refractivity contribution in [2.24, 2.45) is 0 Å². The Morgan fingerprint density at radius 2 is 2.05 bits per heavy atom. The Bertz CT molecular complexity index is 733. The molecule has 0 spiro atoms. The lowest BCUT2D eigenvalue weighted by molar-refractivity contribution is 0.621. The highest BCUT2D eigenvalue weighted by atomic mass is 32.1. The van der Waals surface area contributed by atoms with Gasteiger partial charge in [0.2, 0.25) is 5.89 Å². The van der Waals surface area contributed by atoms with Gasteiger partial charge in [-0.1, -0.05) is 0 Å². The fourth-order valence-corrected chi connectivity index (χ4v) is 3.83. The number of thiophene rings is 1. The maximum absolute atomic E-state index is 5.83. The third kappa shape index (κ3) is 1.83. The number of nitrogens with zero attached hydrogens (tertiary/aromatic N) is 1. The van der Waals surface area contributed by atoms with Crippen molar-refractivity contribution >= 4 is 28.1 Å². The molecule has 96 valence electrons. The Balaban J connectivity index is 1.83. The van der Waals surface area contributed by atoms with Crippen LogP contribution in [0, 0.1) is 0 Å². The summed E-state index contributed by atoms with van der Waals surface area (Å²) in [5.41, 5.74) is 9.61. The first kappa shape index (κ1) is 11.1. The highest BCUT2D eigenvalue weighted by molar-refractivity contribution is 7.15. The van der Waals surface area contributed by atoms with E-state index in [0.29, 0.717) is 0 Å². The van der Waals surface area contributed by atoms with Gasteiger partial charge in [0.25, 0.3) is 0 Å². The van der Waals surface area contributed by atoms with Crippen molar-refractivity contribution in [3.63, 3.8) is 0 Å². The van der Waals surface area contributed by atoms with E-state index in [1.165, 1.54) is 36.1 Å². The molecular formula is C15H14N2OS. The van der Waals surface area contributed by atoms with Crippen molar-refractivity contribution < 1.29 is 4.42 Å². The van der Waals surface area contributed by atoms with E-state index in [1.807, 2.05) is 29.5 Å². The van der Waals surface area contributed by atoms with Crippen LogP contribution in [0.5, 0.6) is 0 Å². The number of rotatable bonds is 1. The number of nitrogens with two attached hydrogens (primary N) is 1. The van der Waals surface area contributed by atoms with Crippen molar-refractivity contribution in [3.8, 4) is 10.8 Å². The van der Waals surface area contributed by atoms with Crippen LogP contribution in [-0.2, 0) is 12.8 Å². The van der Waals surface area contributed by atoms with Crippen LogP contribution in [-0.4, -0.2) is 4.98 Å². The van der Waals surface area contributed by atoms with Gasteiger partial charge in [-0.25, -0.2) is 4.98 Å². The Kier molecular flexibility index (Phi) is 2.38. The second kappa shape index (κ2) is 4.10. The molecule has 0 saturated carbocycles. The number of aromatic nitrogens is 1. The van der Waals surface area contributed by atoms with E-state index in [4.69, 9.17) is 10.2 Å². The maximum atomic E-state index is 5.83. The van der Waals surface area contributed by atoms with Gasteiger partial charge < -0.3 is 10.2 Å². The van der Waals surface area contributed by atoms with Gasteiger partial charge in [0.15, 0.2) is 5.58 Å². The molecule has 0 atom stereocenters. The quantitative estimate of drug-likeness (QED) is 0.679. The van der Waals surface area contributed by atoms with Crippen LogP contribution in [0.3, 0.4) is 0 Å². The van der Waals surface area contributed by atoms with E-state index in [9.17, 15) is 0 Å². The first-order valence-corrected chi connectivity index (χ1v) is 7.39. The zero-order valence-corrected chi connectivity index (χ0v) is 11.3. The minimum absolute atomic E-state index is 0.720. The number of nitrogen functional groups attached to an aromatic ring is 1. The summed E-state index contributed by atoms with van der Waals surface area (Å²) in [6.07, 6.45) is 5.00. The molecule has 0 bridgehead atoms. The summed E-state index contributed by atoms with van der Waals surface area (Å²) < 4.78 is 5.83. The van der Waals surface area contributed by atoms with Crippen LogP contribution in [0.15, 0.2) is 28.7 Å². The molecule has 0 aliphatic heterocycles. The van der Waals surface area contributed by atoms with E-state index in [2.05, 4.69) is 11.1 Å². The van der Waals surface area contributed by atoms with Crippen LogP contribution >= 0.6 is 11.3 Å². The second-order valence-electron chi connectivity index (χ2n) is 5.01. The third-order valence-electron chi connectivity index (χ3n) is 3.62. The van der Waals surface area contributed by atoms with Crippen LogP contribution in [0.4, 0.5) is 5.69 Å². The third-order valence-corrected chi connectivity index (χ3v) is 4.84. The van der Waals surface area contributed by atoms with Gasteiger partial charge in [-0.2, -0.15) is 0 Å². The Morgan fingerprint density at radius 3 is 2.95 bits per heavy atom. The van der Waals surface area contributed by atoms with Gasteiger partial charge in [-0.3, -0.25) is 0 Å². The van der Waals surface area contributed by atoms with Crippen molar-refractivity contribution in [2.45, 2.75) is 25.7 Å². The molecule has 4 rings (SSSR count). The molecule has 1 aliphatic rings. The average molecular weight is 270 g/mol. The molecular weight excluding hydrogens is 256 g/mol. The largest absolute Gasteiger partial charge is 0.435 e. The summed E-state index contributed by atoms with van der Waals surface area (Å²) in [5, 5.41) is 0. The van der Waals surface area contributed by atoms with Crippen molar-refractivity contribution in [1.29, 1.82) is 0 Å². The standard InChI is InChI=1S/C15H14N2OS/c16-10-5-6-12-11(8-10)17-15(18-12)14-7-9-3-1-2-4-13(9)19-14/h5-8H,1-4,16H2. The summed E-state index contributed by atoms with van der Waals surface area (Å²) in [4.78, 5) is 7.19. The van der Waals surface area contributed by atoms with E-state index < -0.39 is 0 Å². The molecule has 0 saturated heterocycles. The number of hydrogen-bond acceptors (Lipinski definition) is 4. The minimum Gasteiger partial charge on any atom is -0.435 e. The maximum Gasteiger partial charge on any atom is 0.237 e. The molecule has 0 unspecified atom stereocenters. The highest BCUT2D eigenvalue weighted by Gasteiger charge is 2.17. The molecule has 0 fully saturated rings. The van der Waals surface area contributed by atoms with Gasteiger partial charge in [0.05, 0.1) is 4.88 Å². The smallest absolute Gasteiger partial charge is 0.237 e. The van der Waals surface area contributed by atoms with E-state index in [-0.39, 0.29) is 0 Å². The molecule has 19 heavy (non-hydrogen) atoms. The van der Waals surface area contributed by atoms with Gasteiger partial charge in [-0.15, -0.1) is 11.3 Å². The van der Waals surface area contributed by atoms with E-state index in [1.54, 1.807) is 0 Å². The van der Waals surface area contributed by atoms with E-state index in [0.717, 1.165) is 27.6 Å². The first-order chi connectivity index (χ1) is 9.29. The Hall–Kier alpha value is -1.81. The molecule has 1 aliphatic carbocycles. The number of hydrogen-bond donors (Lipinski definition) is 1. The van der Waals surface area contributed by atoms with Crippen LogP contribution in [0.1, 0.15) is 23.3 Å². The molecule has 2 aromatic heterocycles. The predicted molar refractivity (Wildman–Crippen MR) is 78.4 cm³/mol. The van der Waals surface area contributed by atoms with Crippen LogP contribution in [0.2, 0.25) is 0 Å². The molecule has 0 amide bonds. The van der Waals surface area contributed by atoms with Crippen LogP contribution < -0.4 is 5.73 Å². The van der Waals surface area contributed by atoms with Crippen LogP contribution in [0.25, 0.3) is 21.9 Å². The molecule has 0 radical (unpaired) electrons. The van der Waals surface area contributed by atoms with Crippen molar-refractivity contribution in [1.82, 2.24) is 4.98 Å². The first-order valence-electron chi connectivity index (χ1n) is 6.57. The van der Waals surface area contributed by atoms with Gasteiger partial charge in [0, 0.05) is 10.6 Å². The molecule has 2 heterocycles. The van der Waals surface area contributed by atoms with Gasteiger partial charge >= 0.3 is 0 Å². The van der Waals surface area contributed by atoms with Gasteiger partial charge in [0.1, 0.15) is 5.52 Å². The normalized spacial score (nSPS) is 14.7. The zero-order chi connectivity index (χ0) is 12.8. The summed E-state index contributed by atoms with van der Waals surface area (Å²) >= 11 is 1.82. The summed E-state index contributed by atoms with van der Waals surface area (Å²) in [7, 11) is 0. The monoisotopic (exact) mass is 270 g/mol. The molecule has 4 heteroatoms. The number of fused-ring (bicyclic) bond motifs is 2. The van der Waals surface area contributed by atoms with E-state index >= 15 is 0 Å². The Morgan fingerprint density at radius 1 is 1.16 bits per heavy atom. The lowest BCUT2D eigenvalue weighted by atomic mass is 9.99. The molecule has 3 aromatic rings. The SMILES string of the molecule is Nc1ccc2oc(-c3cc4c(s3)CCCC4)nc2c1. The van der Waals surface area contributed by atoms with Crippen molar-refractivity contribution in [3.05, 3.63) is 34.7 Å². The lowest BCUT2D eigenvalue weighted by Gasteiger charge is -2.08. The fraction of sp³-hybridized carbons (Fsp3) is 0.267.